The molecule has 0 aliphatic heterocycles. The summed E-state index contributed by atoms with van der Waals surface area (Å²) in [5.74, 6) is 4.75. The molecular weight excluding hydrogens is 569 g/mol. The number of hydrogen-bond donors (Lipinski definition) is 2. The van der Waals surface area contributed by atoms with Crippen molar-refractivity contribution in [2.24, 2.45) is 0 Å². The molecule has 0 heterocycles. The number of rotatable bonds is 13. The highest BCUT2D eigenvalue weighted by Crippen LogP contribution is 2.41. The van der Waals surface area contributed by atoms with Crippen LogP contribution in [0.5, 0.6) is 11.5 Å². The van der Waals surface area contributed by atoms with E-state index < -0.39 is 40.9 Å². The van der Waals surface area contributed by atoms with E-state index in [2.05, 4.69) is 79.6 Å². The summed E-state index contributed by atoms with van der Waals surface area (Å²) in [6.07, 6.45) is -0.582. The van der Waals surface area contributed by atoms with Gasteiger partial charge in [0.1, 0.15) is 23.2 Å². The molecule has 2 N–H and O–H groups in total. The first-order valence-corrected chi connectivity index (χ1v) is 20.4. The maximum Gasteiger partial charge on any atom is 0.341 e. The van der Waals surface area contributed by atoms with E-state index in [1.807, 2.05) is 0 Å². The molecule has 1 aromatic carbocycles. The third-order valence-electron chi connectivity index (χ3n) is 8.42. The average molecular weight is 623 g/mol. The molecule has 0 spiro atoms. The lowest BCUT2D eigenvalue weighted by molar-refractivity contribution is -0.125. The summed E-state index contributed by atoms with van der Waals surface area (Å²) in [4.78, 5) is 26.2. The highest BCUT2D eigenvalue weighted by molar-refractivity contribution is 6.74. The van der Waals surface area contributed by atoms with Crippen molar-refractivity contribution in [1.82, 2.24) is 0 Å². The molecule has 42 heavy (non-hydrogen) atoms. The van der Waals surface area contributed by atoms with Gasteiger partial charge in [0.05, 0.1) is 26.4 Å². The van der Waals surface area contributed by atoms with Crippen LogP contribution in [0.4, 0.5) is 0 Å². The van der Waals surface area contributed by atoms with Crippen LogP contribution in [0.1, 0.15) is 83.7 Å². The fourth-order valence-electron chi connectivity index (χ4n) is 3.78. The zero-order valence-corrected chi connectivity index (χ0v) is 30.1. The van der Waals surface area contributed by atoms with E-state index in [4.69, 9.17) is 18.3 Å². The molecule has 0 aromatic heterocycles. The SMILES string of the molecule is COC(=O)c1c(O)cc(OC)cc1CCC[C@H](O[Si](C)(C)C(C)(C)C)[C@H](O[Si](C)(C)C(C)(C)C)C(=O)C#CC[C@H](C)O. The number of carbonyl (C=O) groups excluding carboxylic acids is 2. The van der Waals surface area contributed by atoms with Gasteiger partial charge in [0.25, 0.3) is 0 Å². The molecule has 0 unspecified atom stereocenters. The number of hydrogen-bond acceptors (Lipinski definition) is 8. The van der Waals surface area contributed by atoms with Crippen molar-refractivity contribution in [1.29, 1.82) is 0 Å². The minimum atomic E-state index is -2.44. The summed E-state index contributed by atoms with van der Waals surface area (Å²) < 4.78 is 23.9. The van der Waals surface area contributed by atoms with Gasteiger partial charge in [-0.25, -0.2) is 4.79 Å². The summed E-state index contributed by atoms with van der Waals surface area (Å²) in [6.45, 7) is 22.9. The van der Waals surface area contributed by atoms with Gasteiger partial charge in [-0.3, -0.25) is 4.79 Å². The van der Waals surface area contributed by atoms with Crippen LogP contribution >= 0.6 is 0 Å². The van der Waals surface area contributed by atoms with Crippen LogP contribution in [-0.2, 0) is 24.8 Å². The van der Waals surface area contributed by atoms with Gasteiger partial charge in [-0.05, 0) is 80.0 Å². The number of phenols is 1. The Morgan fingerprint density at radius 3 is 1.98 bits per heavy atom. The number of aromatic hydroxyl groups is 1. The van der Waals surface area contributed by atoms with E-state index >= 15 is 0 Å². The Morgan fingerprint density at radius 1 is 0.952 bits per heavy atom. The molecule has 8 nitrogen and oxygen atoms in total. The van der Waals surface area contributed by atoms with Crippen molar-refractivity contribution in [3.63, 3.8) is 0 Å². The largest absolute Gasteiger partial charge is 0.507 e. The molecule has 3 atom stereocenters. The monoisotopic (exact) mass is 622 g/mol. The fraction of sp³-hybridized carbons (Fsp3) is 0.688. The van der Waals surface area contributed by atoms with Crippen LogP contribution in [0.3, 0.4) is 0 Å². The second-order valence-electron chi connectivity index (χ2n) is 14.0. The third kappa shape index (κ3) is 10.5. The van der Waals surface area contributed by atoms with Crippen LogP contribution < -0.4 is 4.74 Å². The molecule has 0 aliphatic rings. The van der Waals surface area contributed by atoms with Gasteiger partial charge in [0, 0.05) is 12.5 Å². The predicted molar refractivity (Wildman–Crippen MR) is 172 cm³/mol. The van der Waals surface area contributed by atoms with Crippen molar-refractivity contribution in [2.45, 2.75) is 129 Å². The summed E-state index contributed by atoms with van der Waals surface area (Å²) >= 11 is 0. The molecule has 0 aliphatic carbocycles. The van der Waals surface area contributed by atoms with Crippen molar-refractivity contribution < 1.29 is 38.1 Å². The normalized spacial score (nSPS) is 14.8. The van der Waals surface area contributed by atoms with Gasteiger partial charge in [0.2, 0.25) is 5.78 Å². The van der Waals surface area contributed by atoms with Gasteiger partial charge < -0.3 is 28.5 Å². The number of aliphatic hydroxyl groups excluding tert-OH is 1. The zero-order chi connectivity index (χ0) is 32.7. The first-order valence-electron chi connectivity index (χ1n) is 14.6. The lowest BCUT2D eigenvalue weighted by Crippen LogP contribution is -2.54. The highest BCUT2D eigenvalue weighted by Gasteiger charge is 2.46. The van der Waals surface area contributed by atoms with Crippen molar-refractivity contribution in [3.05, 3.63) is 23.3 Å². The minimum absolute atomic E-state index is 0.0919. The summed E-state index contributed by atoms with van der Waals surface area (Å²) in [6, 6.07) is 3.10. The quantitative estimate of drug-likeness (QED) is 0.109. The number of esters is 1. The van der Waals surface area contributed by atoms with Gasteiger partial charge in [-0.15, -0.1) is 0 Å². The molecule has 0 saturated carbocycles. The van der Waals surface area contributed by atoms with Crippen LogP contribution in [0.15, 0.2) is 12.1 Å². The first kappa shape index (κ1) is 37.9. The van der Waals surface area contributed by atoms with Crippen molar-refractivity contribution >= 4 is 28.4 Å². The van der Waals surface area contributed by atoms with E-state index in [-0.39, 0.29) is 33.6 Å². The number of aryl methyl sites for hydroxylation is 1. The maximum absolute atomic E-state index is 13.7. The Labute approximate surface area is 255 Å². The second-order valence-corrected chi connectivity index (χ2v) is 23.5. The van der Waals surface area contributed by atoms with Gasteiger partial charge >= 0.3 is 5.97 Å². The number of carbonyl (C=O) groups is 2. The van der Waals surface area contributed by atoms with E-state index in [0.29, 0.717) is 30.6 Å². The number of benzene rings is 1. The van der Waals surface area contributed by atoms with E-state index in [1.165, 1.54) is 20.3 Å². The number of ether oxygens (including phenoxy) is 2. The fourth-order valence-corrected chi connectivity index (χ4v) is 6.38. The zero-order valence-electron chi connectivity index (χ0n) is 28.1. The van der Waals surface area contributed by atoms with Crippen LogP contribution in [0.25, 0.3) is 0 Å². The highest BCUT2D eigenvalue weighted by atomic mass is 28.4. The number of Topliss-reactive ketones (excluding diaryl/α,β-unsaturated/α-hetero) is 1. The van der Waals surface area contributed by atoms with E-state index in [1.54, 1.807) is 13.0 Å². The summed E-state index contributed by atoms with van der Waals surface area (Å²) in [5, 5.41) is 20.0. The Kier molecular flexibility index (Phi) is 13.5. The third-order valence-corrected chi connectivity index (χ3v) is 17.4. The van der Waals surface area contributed by atoms with Crippen LogP contribution in [-0.4, -0.2) is 71.1 Å². The molecule has 0 saturated heterocycles. The molecular formula is C32H54O8Si2. The lowest BCUT2D eigenvalue weighted by Gasteiger charge is -2.44. The first-order chi connectivity index (χ1) is 19.1. The van der Waals surface area contributed by atoms with E-state index in [9.17, 15) is 19.8 Å². The van der Waals surface area contributed by atoms with Gasteiger partial charge in [-0.2, -0.15) is 0 Å². The number of aliphatic hydroxyl groups is 1. The topological polar surface area (TPSA) is 112 Å². The smallest absolute Gasteiger partial charge is 0.341 e. The standard InChI is InChI=1S/C32H54O8Si2/c1-22(33)16-14-18-25(34)29(40-42(12,13)32(5,6)7)27(39-41(10,11)31(2,3)4)19-15-17-23-20-24(37-8)21-26(35)28(23)30(36)38-9/h20-22,27,29,33,35H,15-17,19H2,1-13H3/t22-,27-,29+/m0/s1. The van der Waals surface area contributed by atoms with Crippen LogP contribution in [0, 0.1) is 11.8 Å². The molecule has 0 amide bonds. The second kappa shape index (κ2) is 15.0. The Balaban J connectivity index is 3.58. The molecule has 0 radical (unpaired) electrons. The molecule has 238 valence electrons. The molecule has 10 heteroatoms. The molecule has 0 fully saturated rings. The van der Waals surface area contributed by atoms with Crippen LogP contribution in [0.2, 0.25) is 36.3 Å². The lowest BCUT2D eigenvalue weighted by atomic mass is 9.97. The Bertz CT molecular complexity index is 1130. The number of ketones is 1. The summed E-state index contributed by atoms with van der Waals surface area (Å²) in [5.41, 5.74) is 0.670. The number of phenolic OH excluding ortho intramolecular Hbond substituents is 1. The minimum Gasteiger partial charge on any atom is -0.507 e. The van der Waals surface area contributed by atoms with Gasteiger partial charge in [-0.1, -0.05) is 47.5 Å². The Hall–Kier alpha value is -2.17. The summed E-state index contributed by atoms with van der Waals surface area (Å²) in [7, 11) is -2.05. The molecule has 0 bridgehead atoms. The van der Waals surface area contributed by atoms with Crippen molar-refractivity contribution in [3.8, 4) is 23.3 Å². The predicted octanol–water partition coefficient (Wildman–Crippen LogP) is 6.63. The van der Waals surface area contributed by atoms with E-state index in [0.717, 1.165) is 0 Å². The number of methoxy groups -OCH3 is 2. The molecule has 1 aromatic rings. The Morgan fingerprint density at radius 2 is 1.50 bits per heavy atom. The van der Waals surface area contributed by atoms with Gasteiger partial charge in [0.15, 0.2) is 16.6 Å². The maximum atomic E-state index is 13.7. The van der Waals surface area contributed by atoms with Crippen molar-refractivity contribution in [2.75, 3.05) is 14.2 Å². The molecule has 1 rings (SSSR count). The average Bonchev–Trinajstić information content (AvgIpc) is 2.84.